The quantitative estimate of drug-likeness (QED) is 0.626. The molecule has 0 spiro atoms. The second-order valence-electron chi connectivity index (χ2n) is 4.49. The highest BCUT2D eigenvalue weighted by atomic mass is 32.1. The van der Waals surface area contributed by atoms with Gasteiger partial charge in [-0.05, 0) is 23.6 Å². The van der Waals surface area contributed by atoms with Gasteiger partial charge in [0.15, 0.2) is 5.82 Å². The minimum Gasteiger partial charge on any atom is -0.383 e. The molecule has 0 bridgehead atoms. The molecule has 8 heteroatoms. The standard InChI is InChI=1S/C14H11N7S/c15-12-11(10-4-1-9-22-10)13(20-7-2-5-16-20)19-14(18-12)21-8-3-6-17-21/h1-9H,(H2,15,18,19). The molecule has 0 aromatic carbocycles. The van der Waals surface area contributed by atoms with Gasteiger partial charge in [0.25, 0.3) is 5.95 Å². The maximum absolute atomic E-state index is 6.20. The number of nitrogens with zero attached hydrogens (tertiary/aromatic N) is 6. The molecule has 0 atom stereocenters. The third-order valence-electron chi connectivity index (χ3n) is 3.10. The van der Waals surface area contributed by atoms with Crippen LogP contribution in [0.5, 0.6) is 0 Å². The zero-order valence-corrected chi connectivity index (χ0v) is 12.2. The Morgan fingerprint density at radius 1 is 0.955 bits per heavy atom. The Kier molecular flexibility index (Phi) is 2.94. The van der Waals surface area contributed by atoms with E-state index < -0.39 is 0 Å². The van der Waals surface area contributed by atoms with E-state index in [2.05, 4.69) is 20.2 Å². The molecule has 0 aliphatic carbocycles. The van der Waals surface area contributed by atoms with Crippen molar-refractivity contribution in [2.75, 3.05) is 5.73 Å². The molecule has 0 radical (unpaired) electrons. The SMILES string of the molecule is Nc1nc(-n2cccn2)nc(-n2cccn2)c1-c1cccs1. The van der Waals surface area contributed by atoms with Crippen LogP contribution < -0.4 is 5.73 Å². The third-order valence-corrected chi connectivity index (χ3v) is 3.99. The molecule has 4 aromatic heterocycles. The van der Waals surface area contributed by atoms with Gasteiger partial charge in [0.1, 0.15) is 5.82 Å². The minimum absolute atomic E-state index is 0.397. The van der Waals surface area contributed by atoms with Gasteiger partial charge in [-0.25, -0.2) is 9.36 Å². The second-order valence-corrected chi connectivity index (χ2v) is 5.43. The monoisotopic (exact) mass is 309 g/mol. The lowest BCUT2D eigenvalue weighted by atomic mass is 10.2. The molecule has 2 N–H and O–H groups in total. The fraction of sp³-hybridized carbons (Fsp3) is 0. The molecule has 4 heterocycles. The first kappa shape index (κ1) is 12.7. The van der Waals surface area contributed by atoms with Gasteiger partial charge in [-0.2, -0.15) is 20.2 Å². The van der Waals surface area contributed by atoms with Gasteiger partial charge in [0.05, 0.1) is 5.56 Å². The van der Waals surface area contributed by atoms with Crippen molar-refractivity contribution in [2.45, 2.75) is 0 Å². The van der Waals surface area contributed by atoms with E-state index in [1.807, 2.05) is 29.8 Å². The fourth-order valence-electron chi connectivity index (χ4n) is 2.16. The van der Waals surface area contributed by atoms with Crippen LogP contribution in [-0.2, 0) is 0 Å². The Bertz CT molecular complexity index is 880. The number of thiophene rings is 1. The van der Waals surface area contributed by atoms with E-state index in [9.17, 15) is 0 Å². The van der Waals surface area contributed by atoms with Crippen LogP contribution in [0, 0.1) is 0 Å². The molecule has 7 nitrogen and oxygen atoms in total. The number of nitrogens with two attached hydrogens (primary N) is 1. The summed E-state index contributed by atoms with van der Waals surface area (Å²) in [6, 6.07) is 7.60. The Labute approximate surface area is 129 Å². The van der Waals surface area contributed by atoms with Crippen molar-refractivity contribution < 1.29 is 0 Å². The number of rotatable bonds is 3. The molecule has 0 unspecified atom stereocenters. The lowest BCUT2D eigenvalue weighted by Crippen LogP contribution is -2.11. The smallest absolute Gasteiger partial charge is 0.254 e. The predicted octanol–water partition coefficient (Wildman–Crippen LogP) is 2.16. The van der Waals surface area contributed by atoms with E-state index >= 15 is 0 Å². The van der Waals surface area contributed by atoms with Crippen LogP contribution in [0.3, 0.4) is 0 Å². The molecular weight excluding hydrogens is 298 g/mol. The topological polar surface area (TPSA) is 87.4 Å². The lowest BCUT2D eigenvalue weighted by Gasteiger charge is -2.11. The van der Waals surface area contributed by atoms with Crippen molar-refractivity contribution >= 4 is 17.2 Å². The number of hydrogen-bond acceptors (Lipinski definition) is 6. The van der Waals surface area contributed by atoms with E-state index in [1.54, 1.807) is 45.4 Å². The van der Waals surface area contributed by atoms with Gasteiger partial charge in [-0.3, -0.25) is 0 Å². The average Bonchev–Trinajstić information content (AvgIpc) is 3.27. The molecule has 0 saturated heterocycles. The molecule has 0 aliphatic rings. The summed E-state index contributed by atoms with van der Waals surface area (Å²) in [6.07, 6.45) is 6.96. The van der Waals surface area contributed by atoms with Gasteiger partial charge in [0, 0.05) is 29.7 Å². The molecule has 0 aliphatic heterocycles. The first-order valence-corrected chi connectivity index (χ1v) is 7.42. The van der Waals surface area contributed by atoms with Crippen molar-refractivity contribution in [1.82, 2.24) is 29.5 Å². The van der Waals surface area contributed by atoms with E-state index in [1.165, 1.54) is 0 Å². The predicted molar refractivity (Wildman–Crippen MR) is 84.0 cm³/mol. The Morgan fingerprint density at radius 2 is 1.73 bits per heavy atom. The summed E-state index contributed by atoms with van der Waals surface area (Å²) in [5.74, 6) is 1.44. The molecule has 108 valence electrons. The van der Waals surface area contributed by atoms with Crippen LogP contribution >= 0.6 is 11.3 Å². The molecule has 4 rings (SSSR count). The van der Waals surface area contributed by atoms with Crippen LogP contribution in [0.4, 0.5) is 5.82 Å². The van der Waals surface area contributed by atoms with Gasteiger partial charge in [-0.15, -0.1) is 11.3 Å². The summed E-state index contributed by atoms with van der Waals surface area (Å²) in [7, 11) is 0. The lowest BCUT2D eigenvalue weighted by molar-refractivity contribution is 0.779. The summed E-state index contributed by atoms with van der Waals surface area (Å²) in [4.78, 5) is 9.96. The summed E-state index contributed by atoms with van der Waals surface area (Å²) in [5, 5.41) is 10.4. The Balaban J connectivity index is 1.99. The molecule has 0 saturated carbocycles. The Hall–Kier alpha value is -3.00. The number of nitrogen functional groups attached to an aromatic ring is 1. The van der Waals surface area contributed by atoms with Gasteiger partial charge >= 0.3 is 0 Å². The van der Waals surface area contributed by atoms with Gasteiger partial charge in [-0.1, -0.05) is 6.07 Å². The maximum Gasteiger partial charge on any atom is 0.254 e. The van der Waals surface area contributed by atoms with Crippen LogP contribution in [0.15, 0.2) is 54.4 Å². The number of hydrogen-bond donors (Lipinski definition) is 1. The normalized spacial score (nSPS) is 10.9. The second kappa shape index (κ2) is 5.08. The zero-order valence-electron chi connectivity index (χ0n) is 11.4. The summed E-state index contributed by atoms with van der Waals surface area (Å²) >= 11 is 1.58. The average molecular weight is 309 g/mol. The molecule has 4 aromatic rings. The van der Waals surface area contributed by atoms with Gasteiger partial charge < -0.3 is 5.73 Å². The largest absolute Gasteiger partial charge is 0.383 e. The van der Waals surface area contributed by atoms with E-state index in [-0.39, 0.29) is 0 Å². The van der Waals surface area contributed by atoms with Crippen molar-refractivity contribution in [3.05, 3.63) is 54.4 Å². The van der Waals surface area contributed by atoms with Crippen LogP contribution in [0.25, 0.3) is 22.2 Å². The van der Waals surface area contributed by atoms with E-state index in [4.69, 9.17) is 5.73 Å². The van der Waals surface area contributed by atoms with Crippen molar-refractivity contribution in [1.29, 1.82) is 0 Å². The highest BCUT2D eigenvalue weighted by molar-refractivity contribution is 7.13. The summed E-state index contributed by atoms with van der Waals surface area (Å²) in [6.45, 7) is 0. The van der Waals surface area contributed by atoms with E-state index in [0.717, 1.165) is 10.4 Å². The maximum atomic E-state index is 6.20. The minimum atomic E-state index is 0.397. The fourth-order valence-corrected chi connectivity index (χ4v) is 2.94. The highest BCUT2D eigenvalue weighted by Gasteiger charge is 2.18. The molecular formula is C14H11N7S. The first-order chi connectivity index (χ1) is 10.8. The number of aromatic nitrogens is 6. The summed E-state index contributed by atoms with van der Waals surface area (Å²) < 4.78 is 3.25. The van der Waals surface area contributed by atoms with Crippen LogP contribution in [-0.4, -0.2) is 29.5 Å². The molecule has 22 heavy (non-hydrogen) atoms. The summed E-state index contributed by atoms with van der Waals surface area (Å²) in [5.41, 5.74) is 6.97. The first-order valence-electron chi connectivity index (χ1n) is 6.54. The number of anilines is 1. The molecule has 0 fully saturated rings. The van der Waals surface area contributed by atoms with Crippen LogP contribution in [0.1, 0.15) is 0 Å². The molecule has 0 amide bonds. The van der Waals surface area contributed by atoms with E-state index in [0.29, 0.717) is 17.6 Å². The zero-order chi connectivity index (χ0) is 14.9. The Morgan fingerprint density at radius 3 is 2.36 bits per heavy atom. The van der Waals surface area contributed by atoms with Gasteiger partial charge in [0.2, 0.25) is 0 Å². The van der Waals surface area contributed by atoms with Crippen molar-refractivity contribution in [2.24, 2.45) is 0 Å². The third kappa shape index (κ3) is 2.06. The van der Waals surface area contributed by atoms with Crippen LogP contribution in [0.2, 0.25) is 0 Å². The highest BCUT2D eigenvalue weighted by Crippen LogP contribution is 2.33. The van der Waals surface area contributed by atoms with Crippen molar-refractivity contribution in [3.8, 4) is 22.2 Å². The van der Waals surface area contributed by atoms with Crippen molar-refractivity contribution in [3.63, 3.8) is 0 Å².